The summed E-state index contributed by atoms with van der Waals surface area (Å²) < 4.78 is 5.58. The summed E-state index contributed by atoms with van der Waals surface area (Å²) in [6, 6.07) is 0.762. The van der Waals surface area contributed by atoms with Crippen LogP contribution >= 0.6 is 0 Å². The zero-order valence-electron chi connectivity index (χ0n) is 13.2. The third kappa shape index (κ3) is 4.99. The summed E-state index contributed by atoms with van der Waals surface area (Å²) in [6.45, 7) is 7.08. The number of ether oxygens (including phenoxy) is 1. The molecule has 0 spiro atoms. The molecule has 4 heteroatoms. The molecule has 0 aromatic rings. The van der Waals surface area contributed by atoms with Gasteiger partial charge in [0.15, 0.2) is 0 Å². The molecule has 1 heterocycles. The second kappa shape index (κ2) is 8.98. The molecule has 2 atom stereocenters. The lowest BCUT2D eigenvalue weighted by Crippen LogP contribution is -2.42. The van der Waals surface area contributed by atoms with Crippen LogP contribution in [0, 0.1) is 0 Å². The van der Waals surface area contributed by atoms with Crippen molar-refractivity contribution in [1.82, 2.24) is 9.80 Å². The summed E-state index contributed by atoms with van der Waals surface area (Å²) >= 11 is 0. The van der Waals surface area contributed by atoms with Crippen LogP contribution in [0.5, 0.6) is 0 Å². The van der Waals surface area contributed by atoms with Gasteiger partial charge in [0.2, 0.25) is 0 Å². The molecule has 2 rings (SSSR count). The van der Waals surface area contributed by atoms with Gasteiger partial charge in [-0.15, -0.1) is 0 Å². The van der Waals surface area contributed by atoms with Crippen molar-refractivity contribution in [3.8, 4) is 0 Å². The number of nitrogens with zero attached hydrogens (tertiary/aromatic N) is 2. The molecule has 0 bridgehead atoms. The van der Waals surface area contributed by atoms with Crippen molar-refractivity contribution >= 4 is 0 Å². The van der Waals surface area contributed by atoms with E-state index in [1.165, 1.54) is 77.7 Å². The summed E-state index contributed by atoms with van der Waals surface area (Å²) in [7, 11) is 1.87. The lowest BCUT2D eigenvalue weighted by molar-refractivity contribution is 0.0289. The second-order valence-electron chi connectivity index (χ2n) is 6.41. The Morgan fingerprint density at radius 3 is 2.75 bits per heavy atom. The number of hydrogen-bond donors (Lipinski definition) is 1. The highest BCUT2D eigenvalue weighted by atomic mass is 16.5. The Balaban J connectivity index is 1.74. The van der Waals surface area contributed by atoms with Crippen LogP contribution in [0.4, 0.5) is 0 Å². The first-order chi connectivity index (χ1) is 9.83. The minimum Gasteiger partial charge on any atom is -0.381 e. The molecule has 1 saturated heterocycles. The highest BCUT2D eigenvalue weighted by molar-refractivity contribution is 4.83. The van der Waals surface area contributed by atoms with E-state index in [2.05, 4.69) is 9.80 Å². The normalized spacial score (nSPS) is 30.3. The molecule has 2 unspecified atom stereocenters. The summed E-state index contributed by atoms with van der Waals surface area (Å²) in [4.78, 5) is 5.36. The van der Waals surface area contributed by atoms with Crippen LogP contribution in [-0.2, 0) is 4.74 Å². The van der Waals surface area contributed by atoms with Crippen LogP contribution in [0.1, 0.15) is 44.9 Å². The molecule has 0 aromatic heterocycles. The average molecular weight is 283 g/mol. The lowest BCUT2D eigenvalue weighted by atomic mass is 9.91. The molecule has 4 nitrogen and oxygen atoms in total. The van der Waals surface area contributed by atoms with E-state index in [1.807, 2.05) is 7.11 Å². The zero-order valence-corrected chi connectivity index (χ0v) is 13.2. The third-order valence-electron chi connectivity index (χ3n) is 5.00. The Morgan fingerprint density at radius 1 is 1.05 bits per heavy atom. The van der Waals surface area contributed by atoms with Gasteiger partial charge in [-0.3, -0.25) is 4.90 Å². The number of nitrogens with two attached hydrogens (primary N) is 1. The Hall–Kier alpha value is -0.160. The van der Waals surface area contributed by atoms with Crippen LogP contribution in [0.3, 0.4) is 0 Å². The van der Waals surface area contributed by atoms with E-state index in [-0.39, 0.29) is 0 Å². The van der Waals surface area contributed by atoms with Gasteiger partial charge in [-0.1, -0.05) is 0 Å². The van der Waals surface area contributed by atoms with Crippen molar-refractivity contribution in [2.75, 3.05) is 46.4 Å². The summed E-state index contributed by atoms with van der Waals surface area (Å²) in [5, 5.41) is 0. The van der Waals surface area contributed by atoms with Crippen LogP contribution in [0.2, 0.25) is 0 Å². The quantitative estimate of drug-likeness (QED) is 0.753. The number of rotatable bonds is 6. The maximum absolute atomic E-state index is 5.58. The second-order valence-corrected chi connectivity index (χ2v) is 6.41. The minimum atomic E-state index is 0.498. The van der Waals surface area contributed by atoms with Gasteiger partial charge in [-0.2, -0.15) is 0 Å². The summed E-state index contributed by atoms with van der Waals surface area (Å²) in [5.74, 6) is 0. The van der Waals surface area contributed by atoms with Gasteiger partial charge < -0.3 is 15.4 Å². The summed E-state index contributed by atoms with van der Waals surface area (Å²) in [6.07, 6.45) is 9.43. The van der Waals surface area contributed by atoms with Crippen LogP contribution in [0.15, 0.2) is 0 Å². The topological polar surface area (TPSA) is 41.7 Å². The van der Waals surface area contributed by atoms with Gasteiger partial charge in [0.25, 0.3) is 0 Å². The van der Waals surface area contributed by atoms with Crippen molar-refractivity contribution in [2.24, 2.45) is 5.73 Å². The molecule has 1 saturated carbocycles. The van der Waals surface area contributed by atoms with Gasteiger partial charge in [-0.25, -0.2) is 0 Å². The SMILES string of the molecule is COC1CCCC(N2CCCN(CCCCN)CC2)C1. The van der Waals surface area contributed by atoms with Gasteiger partial charge in [-0.05, 0) is 71.1 Å². The molecule has 1 aliphatic heterocycles. The molecule has 0 aromatic carbocycles. The minimum absolute atomic E-state index is 0.498. The largest absolute Gasteiger partial charge is 0.381 e. The van der Waals surface area contributed by atoms with Gasteiger partial charge in [0.05, 0.1) is 6.10 Å². The molecule has 2 fully saturated rings. The Kier molecular flexibility index (Phi) is 7.28. The fraction of sp³-hybridized carbons (Fsp3) is 1.00. The van der Waals surface area contributed by atoms with E-state index in [0.717, 1.165) is 12.6 Å². The van der Waals surface area contributed by atoms with Gasteiger partial charge >= 0.3 is 0 Å². The first kappa shape index (κ1) is 16.2. The Morgan fingerprint density at radius 2 is 1.95 bits per heavy atom. The lowest BCUT2D eigenvalue weighted by Gasteiger charge is -2.36. The zero-order chi connectivity index (χ0) is 14.2. The Bertz CT molecular complexity index is 262. The van der Waals surface area contributed by atoms with Gasteiger partial charge in [0.1, 0.15) is 0 Å². The molecule has 0 radical (unpaired) electrons. The van der Waals surface area contributed by atoms with Crippen LogP contribution < -0.4 is 5.73 Å². The molecule has 118 valence electrons. The van der Waals surface area contributed by atoms with E-state index in [1.54, 1.807) is 0 Å². The predicted molar refractivity (Wildman–Crippen MR) is 84.0 cm³/mol. The summed E-state index contributed by atoms with van der Waals surface area (Å²) in [5.41, 5.74) is 5.58. The van der Waals surface area contributed by atoms with E-state index in [4.69, 9.17) is 10.5 Å². The third-order valence-corrected chi connectivity index (χ3v) is 5.00. The molecule has 0 amide bonds. The molecule has 2 aliphatic rings. The average Bonchev–Trinajstić information content (AvgIpc) is 2.73. The number of hydrogen-bond acceptors (Lipinski definition) is 4. The molecular formula is C16H33N3O. The van der Waals surface area contributed by atoms with E-state index >= 15 is 0 Å². The Labute approximate surface area is 124 Å². The molecular weight excluding hydrogens is 250 g/mol. The molecule has 20 heavy (non-hydrogen) atoms. The van der Waals surface area contributed by atoms with Gasteiger partial charge in [0, 0.05) is 26.2 Å². The van der Waals surface area contributed by atoms with Crippen molar-refractivity contribution in [2.45, 2.75) is 57.1 Å². The number of methoxy groups -OCH3 is 1. The maximum atomic E-state index is 5.58. The van der Waals surface area contributed by atoms with E-state index in [9.17, 15) is 0 Å². The first-order valence-corrected chi connectivity index (χ1v) is 8.52. The molecule has 2 N–H and O–H groups in total. The highest BCUT2D eigenvalue weighted by Crippen LogP contribution is 2.25. The van der Waals surface area contributed by atoms with Crippen molar-refractivity contribution in [3.63, 3.8) is 0 Å². The van der Waals surface area contributed by atoms with E-state index in [0.29, 0.717) is 6.10 Å². The highest BCUT2D eigenvalue weighted by Gasteiger charge is 2.27. The van der Waals surface area contributed by atoms with E-state index < -0.39 is 0 Å². The van der Waals surface area contributed by atoms with Crippen molar-refractivity contribution < 1.29 is 4.74 Å². The molecule has 1 aliphatic carbocycles. The number of unbranched alkanes of at least 4 members (excludes halogenated alkanes) is 1. The fourth-order valence-corrected chi connectivity index (χ4v) is 3.73. The smallest absolute Gasteiger partial charge is 0.0586 e. The predicted octanol–water partition coefficient (Wildman–Crippen LogP) is 1.69. The van der Waals surface area contributed by atoms with Crippen LogP contribution in [0.25, 0.3) is 0 Å². The monoisotopic (exact) mass is 283 g/mol. The van der Waals surface area contributed by atoms with Crippen LogP contribution in [-0.4, -0.2) is 68.3 Å². The first-order valence-electron chi connectivity index (χ1n) is 8.52. The van der Waals surface area contributed by atoms with Crippen molar-refractivity contribution in [1.29, 1.82) is 0 Å². The maximum Gasteiger partial charge on any atom is 0.0586 e. The standard InChI is InChI=1S/C16H33N3O/c1-20-16-7-4-6-15(14-16)19-11-5-10-18(12-13-19)9-3-2-8-17/h15-16H,2-14,17H2,1H3. The van der Waals surface area contributed by atoms with Crippen molar-refractivity contribution in [3.05, 3.63) is 0 Å². The fourth-order valence-electron chi connectivity index (χ4n) is 3.73.